The number of nitrogens with zero attached hydrogens (tertiary/aromatic N) is 3. The van der Waals surface area contributed by atoms with Gasteiger partial charge in [-0.15, -0.1) is 5.10 Å². The first-order valence-electron chi connectivity index (χ1n) is 4.53. The number of aliphatic hydroxyl groups is 2. The number of amidine groups is 1. The van der Waals surface area contributed by atoms with Gasteiger partial charge in [0, 0.05) is 27.2 Å². The van der Waals surface area contributed by atoms with E-state index in [1.165, 1.54) is 18.1 Å². The molecule has 0 fully saturated rings. The summed E-state index contributed by atoms with van der Waals surface area (Å²) in [6, 6.07) is 0. The normalized spacial score (nSPS) is 11.5. The van der Waals surface area contributed by atoms with Gasteiger partial charge in [0.1, 0.15) is 6.33 Å². The molecule has 92 valence electrons. The van der Waals surface area contributed by atoms with Gasteiger partial charge in [0.25, 0.3) is 0 Å². The van der Waals surface area contributed by atoms with Gasteiger partial charge in [0.05, 0.1) is 0 Å². The van der Waals surface area contributed by atoms with Gasteiger partial charge in [0.2, 0.25) is 5.82 Å². The summed E-state index contributed by atoms with van der Waals surface area (Å²) in [5, 5.41) is 27.1. The van der Waals surface area contributed by atoms with Gasteiger partial charge in [0.15, 0.2) is 12.1 Å². The summed E-state index contributed by atoms with van der Waals surface area (Å²) in [4.78, 5) is 3.80. The number of rotatable bonds is 5. The summed E-state index contributed by atoms with van der Waals surface area (Å²) in [7, 11) is 2.42. The lowest BCUT2D eigenvalue weighted by atomic mass is 10.4. The average Bonchev–Trinajstić information content (AvgIpc) is 2.77. The van der Waals surface area contributed by atoms with Gasteiger partial charge in [-0.05, 0) is 0 Å². The number of hydrogen-bond acceptors (Lipinski definition) is 6. The van der Waals surface area contributed by atoms with Crippen molar-refractivity contribution in [2.24, 2.45) is 5.73 Å². The van der Waals surface area contributed by atoms with Crippen LogP contribution in [0.1, 0.15) is 12.2 Å². The van der Waals surface area contributed by atoms with Crippen LogP contribution in [-0.2, 0) is 11.3 Å². The van der Waals surface area contributed by atoms with E-state index in [1.54, 1.807) is 0 Å². The summed E-state index contributed by atoms with van der Waals surface area (Å²) in [5.74, 6) is 0.0212. The Bertz CT molecular complexity index is 314. The Morgan fingerprint density at radius 1 is 1.69 bits per heavy atom. The number of nitrogens with two attached hydrogens (primary N) is 1. The molecule has 0 radical (unpaired) electrons. The highest BCUT2D eigenvalue weighted by Gasteiger charge is 2.05. The van der Waals surface area contributed by atoms with Crippen molar-refractivity contribution in [1.29, 1.82) is 5.41 Å². The van der Waals surface area contributed by atoms with Crippen LogP contribution in [0.15, 0.2) is 6.33 Å². The highest BCUT2D eigenvalue weighted by molar-refractivity contribution is 5.90. The highest BCUT2D eigenvalue weighted by atomic mass is 16.6. The van der Waals surface area contributed by atoms with Gasteiger partial charge < -0.3 is 20.7 Å². The molecule has 0 aromatic carbocycles. The van der Waals surface area contributed by atoms with Crippen molar-refractivity contribution in [1.82, 2.24) is 14.8 Å². The number of aliphatic hydroxyl groups excluding tert-OH is 2. The Morgan fingerprint density at radius 2 is 2.31 bits per heavy atom. The van der Waals surface area contributed by atoms with Crippen LogP contribution in [0.5, 0.6) is 0 Å². The standard InChI is InChI=1S/C7H13N5O2.CH4O/c1-14-5(13)2-3-12-4-10-7(11-12)6(8)9;1-2/h4-5,13H,2-3H2,1H3,(H3,8,9);2H,1H3. The van der Waals surface area contributed by atoms with E-state index in [2.05, 4.69) is 14.8 Å². The molecule has 5 N–H and O–H groups in total. The zero-order valence-electron chi connectivity index (χ0n) is 9.29. The molecule has 0 bridgehead atoms. The number of aryl methyl sites for hydroxylation is 1. The molecular weight excluding hydrogens is 214 g/mol. The topological polar surface area (TPSA) is 130 Å². The molecule has 0 amide bonds. The molecule has 8 heteroatoms. The molecule has 1 heterocycles. The Morgan fingerprint density at radius 3 is 2.75 bits per heavy atom. The second-order valence-electron chi connectivity index (χ2n) is 2.72. The molecule has 0 saturated heterocycles. The van der Waals surface area contributed by atoms with Crippen LogP contribution in [0, 0.1) is 5.41 Å². The van der Waals surface area contributed by atoms with Crippen LogP contribution < -0.4 is 5.73 Å². The molecule has 8 nitrogen and oxygen atoms in total. The molecule has 1 unspecified atom stereocenters. The van der Waals surface area contributed by atoms with E-state index >= 15 is 0 Å². The summed E-state index contributed by atoms with van der Waals surface area (Å²) in [6.07, 6.45) is 1.07. The maximum Gasteiger partial charge on any atom is 0.215 e. The van der Waals surface area contributed by atoms with E-state index in [4.69, 9.17) is 21.4 Å². The lowest BCUT2D eigenvalue weighted by molar-refractivity contribution is -0.0807. The molecular formula is C8H17N5O3. The van der Waals surface area contributed by atoms with Gasteiger partial charge in [-0.1, -0.05) is 0 Å². The van der Waals surface area contributed by atoms with Crippen molar-refractivity contribution in [2.75, 3.05) is 14.2 Å². The number of aromatic nitrogens is 3. The molecule has 0 saturated carbocycles. The van der Waals surface area contributed by atoms with E-state index in [0.29, 0.717) is 13.0 Å². The fraction of sp³-hybridized carbons (Fsp3) is 0.625. The minimum Gasteiger partial charge on any atom is -0.400 e. The van der Waals surface area contributed by atoms with E-state index in [0.717, 1.165) is 7.11 Å². The summed E-state index contributed by atoms with van der Waals surface area (Å²) in [5.41, 5.74) is 5.18. The van der Waals surface area contributed by atoms with Gasteiger partial charge in [-0.2, -0.15) is 0 Å². The van der Waals surface area contributed by atoms with Crippen molar-refractivity contribution in [3.05, 3.63) is 12.2 Å². The molecule has 0 aliphatic carbocycles. The fourth-order valence-corrected chi connectivity index (χ4v) is 0.886. The van der Waals surface area contributed by atoms with Crippen LogP contribution in [0.3, 0.4) is 0 Å². The fourth-order valence-electron chi connectivity index (χ4n) is 0.886. The van der Waals surface area contributed by atoms with Crippen molar-refractivity contribution >= 4 is 5.84 Å². The van der Waals surface area contributed by atoms with Crippen molar-refractivity contribution in [2.45, 2.75) is 19.3 Å². The monoisotopic (exact) mass is 231 g/mol. The Labute approximate surface area is 93.2 Å². The van der Waals surface area contributed by atoms with Crippen LogP contribution in [-0.4, -0.2) is 51.3 Å². The second kappa shape index (κ2) is 7.74. The van der Waals surface area contributed by atoms with Gasteiger partial charge >= 0.3 is 0 Å². The molecule has 1 aromatic rings. The second-order valence-corrected chi connectivity index (χ2v) is 2.72. The third kappa shape index (κ3) is 4.82. The Hall–Kier alpha value is -1.51. The smallest absolute Gasteiger partial charge is 0.215 e. The number of methoxy groups -OCH3 is 1. The van der Waals surface area contributed by atoms with Crippen LogP contribution in [0.25, 0.3) is 0 Å². The van der Waals surface area contributed by atoms with Gasteiger partial charge in [-0.25, -0.2) is 4.98 Å². The van der Waals surface area contributed by atoms with Crippen LogP contribution >= 0.6 is 0 Å². The minimum absolute atomic E-state index is 0.170. The third-order valence-electron chi connectivity index (χ3n) is 1.65. The molecule has 1 aromatic heterocycles. The molecule has 1 rings (SSSR count). The SMILES string of the molecule is CO.COC(O)CCn1cnc(C(=N)N)n1. The van der Waals surface area contributed by atoms with Gasteiger partial charge in [-0.3, -0.25) is 10.1 Å². The molecule has 0 spiro atoms. The molecule has 0 aliphatic rings. The zero-order chi connectivity index (χ0) is 12.6. The van der Waals surface area contributed by atoms with E-state index < -0.39 is 6.29 Å². The number of nitrogen functional groups attached to an aromatic ring is 1. The predicted molar refractivity (Wildman–Crippen MR) is 56.8 cm³/mol. The average molecular weight is 231 g/mol. The molecule has 16 heavy (non-hydrogen) atoms. The maximum atomic E-state index is 9.08. The maximum absolute atomic E-state index is 9.08. The number of nitrogens with one attached hydrogen (secondary N) is 1. The molecule has 0 aliphatic heterocycles. The first-order valence-corrected chi connectivity index (χ1v) is 4.53. The summed E-state index contributed by atoms with van der Waals surface area (Å²) < 4.78 is 6.15. The van der Waals surface area contributed by atoms with Crippen molar-refractivity contribution in [3.8, 4) is 0 Å². The summed E-state index contributed by atoms with van der Waals surface area (Å²) in [6.45, 7) is 0.468. The quantitative estimate of drug-likeness (QED) is 0.278. The van der Waals surface area contributed by atoms with Crippen molar-refractivity contribution < 1.29 is 14.9 Å². The predicted octanol–water partition coefficient (Wildman–Crippen LogP) is -1.47. The van der Waals surface area contributed by atoms with E-state index in [-0.39, 0.29) is 11.7 Å². The summed E-state index contributed by atoms with van der Waals surface area (Å²) >= 11 is 0. The third-order valence-corrected chi connectivity index (χ3v) is 1.65. The largest absolute Gasteiger partial charge is 0.400 e. The molecule has 1 atom stereocenters. The van der Waals surface area contributed by atoms with Crippen molar-refractivity contribution in [3.63, 3.8) is 0 Å². The number of hydrogen-bond donors (Lipinski definition) is 4. The Kier molecular flexibility index (Phi) is 7.01. The first kappa shape index (κ1) is 14.5. The lowest BCUT2D eigenvalue weighted by Gasteiger charge is -2.06. The van der Waals surface area contributed by atoms with Crippen LogP contribution in [0.2, 0.25) is 0 Å². The highest BCUT2D eigenvalue weighted by Crippen LogP contribution is 1.96. The van der Waals surface area contributed by atoms with E-state index in [9.17, 15) is 0 Å². The van der Waals surface area contributed by atoms with E-state index in [1.807, 2.05) is 0 Å². The minimum atomic E-state index is -0.806. The Balaban J connectivity index is 0.00000106. The zero-order valence-corrected chi connectivity index (χ0v) is 9.29. The van der Waals surface area contributed by atoms with Crippen LogP contribution in [0.4, 0.5) is 0 Å². The number of ether oxygens (including phenoxy) is 1. The first-order chi connectivity index (χ1) is 7.63. The lowest BCUT2D eigenvalue weighted by Crippen LogP contribution is -2.15.